The fraction of sp³-hybridized carbons (Fsp3) is 0.667. The fourth-order valence-corrected chi connectivity index (χ4v) is 5.27. The molecular weight excluding hydrogens is 376 g/mol. The van der Waals surface area contributed by atoms with Crippen LogP contribution >= 0.6 is 0 Å². The molecule has 0 saturated heterocycles. The largest absolute Gasteiger partial charge is 0.368 e. The molecule has 156 valence electrons. The zero-order valence-corrected chi connectivity index (χ0v) is 17.8. The van der Waals surface area contributed by atoms with Gasteiger partial charge in [-0.3, -0.25) is 4.79 Å². The summed E-state index contributed by atoms with van der Waals surface area (Å²) >= 11 is 0. The first kappa shape index (κ1) is 21.3. The number of carbonyl (C=O) groups excluding carboxylic acids is 1. The van der Waals surface area contributed by atoms with Gasteiger partial charge in [0.15, 0.2) is 0 Å². The van der Waals surface area contributed by atoms with Gasteiger partial charge in [-0.15, -0.1) is 0 Å². The van der Waals surface area contributed by atoms with E-state index in [2.05, 4.69) is 30.8 Å². The molecule has 7 heteroatoms. The molecule has 0 aromatic heterocycles. The van der Waals surface area contributed by atoms with Crippen LogP contribution in [0.5, 0.6) is 0 Å². The highest BCUT2D eigenvalue weighted by Gasteiger charge is 2.32. The number of amides is 1. The minimum absolute atomic E-state index is 0.0160. The Hall–Kier alpha value is -1.44. The Labute approximate surface area is 168 Å². The van der Waals surface area contributed by atoms with Crippen molar-refractivity contribution in [3.63, 3.8) is 0 Å². The van der Waals surface area contributed by atoms with Gasteiger partial charge in [-0.2, -0.15) is 0 Å². The molecule has 0 spiro atoms. The van der Waals surface area contributed by atoms with E-state index in [9.17, 15) is 13.2 Å². The first-order valence-corrected chi connectivity index (χ1v) is 11.8. The SMILES string of the molecule is CC(C)[C@@H]1CC[C@@H](C)C[C@H]1OCC(=O)Nc1cccc(S(=O)(=O)NC2CC2)c1. The molecule has 3 rings (SSSR count). The summed E-state index contributed by atoms with van der Waals surface area (Å²) in [5, 5.41) is 2.76. The van der Waals surface area contributed by atoms with Crippen molar-refractivity contribution in [2.75, 3.05) is 11.9 Å². The minimum atomic E-state index is -3.54. The number of nitrogens with one attached hydrogen (secondary N) is 2. The maximum Gasteiger partial charge on any atom is 0.250 e. The summed E-state index contributed by atoms with van der Waals surface area (Å²) in [6.45, 7) is 6.63. The van der Waals surface area contributed by atoms with E-state index in [1.165, 1.54) is 18.6 Å². The van der Waals surface area contributed by atoms with Crippen molar-refractivity contribution in [3.05, 3.63) is 24.3 Å². The molecule has 0 radical (unpaired) electrons. The van der Waals surface area contributed by atoms with Gasteiger partial charge in [0.2, 0.25) is 15.9 Å². The molecular formula is C21H32N2O4S. The Morgan fingerprint density at radius 2 is 1.96 bits per heavy atom. The van der Waals surface area contributed by atoms with Crippen molar-refractivity contribution in [2.24, 2.45) is 17.8 Å². The van der Waals surface area contributed by atoms with Crippen molar-refractivity contribution >= 4 is 21.6 Å². The van der Waals surface area contributed by atoms with Crippen LogP contribution in [0.2, 0.25) is 0 Å². The van der Waals surface area contributed by atoms with Gasteiger partial charge in [-0.25, -0.2) is 13.1 Å². The highest BCUT2D eigenvalue weighted by Crippen LogP contribution is 2.35. The maximum absolute atomic E-state index is 12.4. The number of anilines is 1. The Bertz CT molecular complexity index is 789. The van der Waals surface area contributed by atoms with E-state index in [4.69, 9.17) is 4.74 Å². The third kappa shape index (κ3) is 5.78. The molecule has 1 amide bonds. The van der Waals surface area contributed by atoms with E-state index in [1.807, 2.05) is 0 Å². The van der Waals surface area contributed by atoms with Crippen LogP contribution in [0.25, 0.3) is 0 Å². The number of carbonyl (C=O) groups is 1. The van der Waals surface area contributed by atoms with Gasteiger partial charge in [0.25, 0.3) is 0 Å². The van der Waals surface area contributed by atoms with Gasteiger partial charge in [0.05, 0.1) is 11.0 Å². The van der Waals surface area contributed by atoms with E-state index < -0.39 is 10.0 Å². The third-order valence-corrected chi connectivity index (χ3v) is 7.24. The number of rotatable bonds is 8. The molecule has 2 aliphatic rings. The Morgan fingerprint density at radius 3 is 2.64 bits per heavy atom. The lowest BCUT2D eigenvalue weighted by Gasteiger charge is -2.37. The second kappa shape index (κ2) is 8.93. The average Bonchev–Trinajstić information content (AvgIpc) is 3.43. The second-order valence-electron chi connectivity index (χ2n) is 8.65. The molecule has 2 fully saturated rings. The van der Waals surface area contributed by atoms with Crippen molar-refractivity contribution in [1.29, 1.82) is 0 Å². The Kier molecular flexibility index (Phi) is 6.78. The second-order valence-corrected chi connectivity index (χ2v) is 10.4. The normalized spacial score (nSPS) is 25.6. The van der Waals surface area contributed by atoms with Gasteiger partial charge < -0.3 is 10.1 Å². The predicted molar refractivity (Wildman–Crippen MR) is 109 cm³/mol. The summed E-state index contributed by atoms with van der Waals surface area (Å²) in [5.74, 6) is 1.36. The Morgan fingerprint density at radius 1 is 1.21 bits per heavy atom. The van der Waals surface area contributed by atoms with E-state index >= 15 is 0 Å². The standard InChI is InChI=1S/C21H32N2O4S/c1-14(2)19-10-7-15(3)11-20(19)27-13-21(24)22-17-5-4-6-18(12-17)28(25,26)23-16-8-9-16/h4-6,12,14-16,19-20,23H,7-11,13H2,1-3H3,(H,22,24)/t15-,19+,20-/m1/s1. The molecule has 6 nitrogen and oxygen atoms in total. The topological polar surface area (TPSA) is 84.5 Å². The van der Waals surface area contributed by atoms with Crippen LogP contribution in [0.4, 0.5) is 5.69 Å². The average molecular weight is 409 g/mol. The number of ether oxygens (including phenoxy) is 1. The smallest absolute Gasteiger partial charge is 0.250 e. The quantitative estimate of drug-likeness (QED) is 0.689. The van der Waals surface area contributed by atoms with Crippen molar-refractivity contribution in [3.8, 4) is 0 Å². The summed E-state index contributed by atoms with van der Waals surface area (Å²) in [6.07, 6.45) is 5.19. The number of sulfonamides is 1. The van der Waals surface area contributed by atoms with Gasteiger partial charge in [0, 0.05) is 11.7 Å². The monoisotopic (exact) mass is 408 g/mol. The van der Waals surface area contributed by atoms with Gasteiger partial charge in [-0.05, 0) is 61.6 Å². The van der Waals surface area contributed by atoms with Gasteiger partial charge in [0.1, 0.15) is 6.61 Å². The zero-order valence-electron chi connectivity index (χ0n) is 17.0. The molecule has 2 aliphatic carbocycles. The lowest BCUT2D eigenvalue weighted by atomic mass is 9.75. The number of benzene rings is 1. The number of hydrogen-bond acceptors (Lipinski definition) is 4. The van der Waals surface area contributed by atoms with E-state index in [1.54, 1.807) is 12.1 Å². The molecule has 0 unspecified atom stereocenters. The number of hydrogen-bond donors (Lipinski definition) is 2. The molecule has 0 bridgehead atoms. The Balaban J connectivity index is 1.56. The van der Waals surface area contributed by atoms with Crippen molar-refractivity contribution in [1.82, 2.24) is 4.72 Å². The lowest BCUT2D eigenvalue weighted by Crippen LogP contribution is -2.36. The first-order chi connectivity index (χ1) is 13.2. The van der Waals surface area contributed by atoms with Crippen molar-refractivity contribution in [2.45, 2.75) is 69.9 Å². The summed E-state index contributed by atoms with van der Waals surface area (Å²) in [4.78, 5) is 12.5. The molecule has 2 saturated carbocycles. The van der Waals surface area contributed by atoms with E-state index in [-0.39, 0.29) is 29.6 Å². The maximum atomic E-state index is 12.4. The molecule has 3 atom stereocenters. The lowest BCUT2D eigenvalue weighted by molar-refractivity contribution is -0.126. The predicted octanol–water partition coefficient (Wildman–Crippen LogP) is 3.54. The van der Waals surface area contributed by atoms with Crippen LogP contribution in [0.1, 0.15) is 52.9 Å². The van der Waals surface area contributed by atoms with Crippen LogP contribution in [0, 0.1) is 17.8 Å². The van der Waals surface area contributed by atoms with E-state index in [0.717, 1.165) is 25.7 Å². The summed E-state index contributed by atoms with van der Waals surface area (Å²) in [6, 6.07) is 6.39. The molecule has 28 heavy (non-hydrogen) atoms. The molecule has 1 aromatic rings. The van der Waals surface area contributed by atoms with Crippen LogP contribution < -0.4 is 10.0 Å². The molecule has 2 N–H and O–H groups in total. The van der Waals surface area contributed by atoms with Crippen LogP contribution in [0.15, 0.2) is 29.2 Å². The molecule has 1 aromatic carbocycles. The zero-order chi connectivity index (χ0) is 20.3. The molecule has 0 aliphatic heterocycles. The van der Waals surface area contributed by atoms with Gasteiger partial charge >= 0.3 is 0 Å². The minimum Gasteiger partial charge on any atom is -0.368 e. The third-order valence-electron chi connectivity index (χ3n) is 5.72. The van der Waals surface area contributed by atoms with Crippen LogP contribution in [-0.2, 0) is 19.6 Å². The highest BCUT2D eigenvalue weighted by molar-refractivity contribution is 7.89. The van der Waals surface area contributed by atoms with Crippen LogP contribution in [0.3, 0.4) is 0 Å². The molecule has 0 heterocycles. The van der Waals surface area contributed by atoms with E-state index in [0.29, 0.717) is 23.4 Å². The fourth-order valence-electron chi connectivity index (χ4n) is 3.92. The van der Waals surface area contributed by atoms with Gasteiger partial charge in [-0.1, -0.05) is 33.3 Å². The first-order valence-electron chi connectivity index (χ1n) is 10.3. The summed E-state index contributed by atoms with van der Waals surface area (Å²) in [7, 11) is -3.54. The van der Waals surface area contributed by atoms with Crippen molar-refractivity contribution < 1.29 is 17.9 Å². The summed E-state index contributed by atoms with van der Waals surface area (Å²) in [5.41, 5.74) is 0.463. The summed E-state index contributed by atoms with van der Waals surface area (Å²) < 4.78 is 33.3. The van der Waals surface area contributed by atoms with Crippen LogP contribution in [-0.4, -0.2) is 33.1 Å². The highest BCUT2D eigenvalue weighted by atomic mass is 32.2.